The maximum absolute atomic E-state index is 11.4. The van der Waals surface area contributed by atoms with Crippen LogP contribution in [0.15, 0.2) is 0 Å². The van der Waals surface area contributed by atoms with Gasteiger partial charge in [-0.3, -0.25) is 9.69 Å². The molecule has 2 heterocycles. The molecule has 2 fully saturated rings. The van der Waals surface area contributed by atoms with Crippen LogP contribution in [-0.2, 0) is 4.79 Å². The zero-order valence-electron chi connectivity index (χ0n) is 11.6. The number of likely N-dealkylation sites (tertiary alicyclic amines) is 2. The molecule has 3 atom stereocenters. The fraction of sp³-hybridized carbons (Fsp3) is 0.929. The first-order chi connectivity index (χ1) is 8.63. The van der Waals surface area contributed by atoms with Crippen molar-refractivity contribution in [1.82, 2.24) is 9.80 Å². The van der Waals surface area contributed by atoms with E-state index in [1.54, 1.807) is 0 Å². The molecule has 0 aromatic heterocycles. The number of hydrogen-bond acceptors (Lipinski definition) is 3. The molecule has 0 aromatic rings. The van der Waals surface area contributed by atoms with Gasteiger partial charge in [-0.2, -0.15) is 0 Å². The van der Waals surface area contributed by atoms with Gasteiger partial charge in [-0.05, 0) is 57.8 Å². The second kappa shape index (κ2) is 6.02. The van der Waals surface area contributed by atoms with Crippen molar-refractivity contribution in [2.24, 2.45) is 5.92 Å². The van der Waals surface area contributed by atoms with E-state index in [0.717, 1.165) is 38.9 Å². The molecule has 104 valence electrons. The Morgan fingerprint density at radius 3 is 2.67 bits per heavy atom. The van der Waals surface area contributed by atoms with E-state index in [1.807, 2.05) is 0 Å². The largest absolute Gasteiger partial charge is 0.480 e. The number of carboxylic acid groups (broad SMARTS) is 1. The molecule has 0 bridgehead atoms. The van der Waals surface area contributed by atoms with Gasteiger partial charge in [0.25, 0.3) is 0 Å². The predicted molar refractivity (Wildman–Crippen MR) is 71.7 cm³/mol. The molecule has 1 N–H and O–H groups in total. The maximum atomic E-state index is 11.4. The molecule has 0 saturated carbocycles. The van der Waals surface area contributed by atoms with Crippen molar-refractivity contribution in [3.8, 4) is 0 Å². The molecule has 0 radical (unpaired) electrons. The number of nitrogens with zero attached hydrogens (tertiary/aromatic N) is 2. The van der Waals surface area contributed by atoms with Crippen LogP contribution >= 0.6 is 0 Å². The van der Waals surface area contributed by atoms with E-state index in [2.05, 4.69) is 23.6 Å². The molecule has 2 rings (SSSR count). The Labute approximate surface area is 110 Å². The summed E-state index contributed by atoms with van der Waals surface area (Å²) in [6.45, 7) is 8.67. The van der Waals surface area contributed by atoms with Crippen molar-refractivity contribution in [2.45, 2.75) is 51.6 Å². The van der Waals surface area contributed by atoms with Crippen LogP contribution in [0.2, 0.25) is 0 Å². The summed E-state index contributed by atoms with van der Waals surface area (Å²) >= 11 is 0. The summed E-state index contributed by atoms with van der Waals surface area (Å²) in [6.07, 6.45) is 4.53. The molecule has 4 heteroatoms. The molecule has 0 aromatic carbocycles. The van der Waals surface area contributed by atoms with Gasteiger partial charge in [-0.15, -0.1) is 0 Å². The van der Waals surface area contributed by atoms with E-state index in [-0.39, 0.29) is 6.04 Å². The first-order valence-electron chi connectivity index (χ1n) is 7.34. The Balaban J connectivity index is 2.00. The standard InChI is InChI=1S/C14H26N2O2/c1-3-15-8-4-5-12(7-9-15)16-10-6-11(2)13(16)14(17)18/h11-13H,3-10H2,1-2H3,(H,17,18). The summed E-state index contributed by atoms with van der Waals surface area (Å²) in [5.74, 6) is -0.329. The molecule has 3 unspecified atom stereocenters. The SMILES string of the molecule is CCN1CCCC(N2CCC(C)C2C(=O)O)CC1. The molecular weight excluding hydrogens is 228 g/mol. The van der Waals surface area contributed by atoms with Gasteiger partial charge in [0.2, 0.25) is 0 Å². The molecular formula is C14H26N2O2. The fourth-order valence-electron chi connectivity index (χ4n) is 3.56. The van der Waals surface area contributed by atoms with Crippen molar-refractivity contribution in [3.63, 3.8) is 0 Å². The summed E-state index contributed by atoms with van der Waals surface area (Å²) in [4.78, 5) is 16.2. The second-order valence-corrected chi connectivity index (χ2v) is 5.81. The van der Waals surface area contributed by atoms with Gasteiger partial charge in [0.15, 0.2) is 0 Å². The number of carboxylic acids is 1. The fourth-order valence-corrected chi connectivity index (χ4v) is 3.56. The Morgan fingerprint density at radius 1 is 1.22 bits per heavy atom. The zero-order valence-corrected chi connectivity index (χ0v) is 11.6. The summed E-state index contributed by atoms with van der Waals surface area (Å²) in [7, 11) is 0. The normalized spacial score (nSPS) is 35.6. The Kier molecular flexibility index (Phi) is 4.62. The van der Waals surface area contributed by atoms with Crippen LogP contribution in [0.1, 0.15) is 39.5 Å². The molecule has 2 saturated heterocycles. The molecule has 4 nitrogen and oxygen atoms in total. The van der Waals surface area contributed by atoms with Crippen LogP contribution in [0.5, 0.6) is 0 Å². The summed E-state index contributed by atoms with van der Waals surface area (Å²) in [5.41, 5.74) is 0. The van der Waals surface area contributed by atoms with Crippen LogP contribution in [-0.4, -0.2) is 59.1 Å². The van der Waals surface area contributed by atoms with E-state index in [9.17, 15) is 9.90 Å². The van der Waals surface area contributed by atoms with Crippen molar-refractivity contribution in [3.05, 3.63) is 0 Å². The lowest BCUT2D eigenvalue weighted by molar-refractivity contribution is -0.144. The molecule has 2 aliphatic heterocycles. The third-order valence-corrected chi connectivity index (χ3v) is 4.70. The van der Waals surface area contributed by atoms with E-state index in [1.165, 1.54) is 13.0 Å². The highest BCUT2D eigenvalue weighted by Crippen LogP contribution is 2.30. The average molecular weight is 254 g/mol. The number of rotatable bonds is 3. The summed E-state index contributed by atoms with van der Waals surface area (Å²) in [5, 5.41) is 9.40. The number of aliphatic carboxylic acids is 1. The van der Waals surface area contributed by atoms with Gasteiger partial charge in [0.05, 0.1) is 0 Å². The minimum absolute atomic E-state index is 0.247. The van der Waals surface area contributed by atoms with Crippen LogP contribution in [0, 0.1) is 5.92 Å². The lowest BCUT2D eigenvalue weighted by Gasteiger charge is -2.31. The van der Waals surface area contributed by atoms with Crippen molar-refractivity contribution < 1.29 is 9.90 Å². The van der Waals surface area contributed by atoms with Gasteiger partial charge in [0.1, 0.15) is 6.04 Å². The van der Waals surface area contributed by atoms with Crippen LogP contribution in [0.4, 0.5) is 0 Å². The highest BCUT2D eigenvalue weighted by molar-refractivity contribution is 5.74. The Bertz CT molecular complexity index is 296. The van der Waals surface area contributed by atoms with Gasteiger partial charge < -0.3 is 10.0 Å². The molecule has 2 aliphatic rings. The second-order valence-electron chi connectivity index (χ2n) is 5.81. The van der Waals surface area contributed by atoms with Gasteiger partial charge >= 0.3 is 5.97 Å². The van der Waals surface area contributed by atoms with Crippen LogP contribution < -0.4 is 0 Å². The van der Waals surface area contributed by atoms with Crippen molar-refractivity contribution >= 4 is 5.97 Å². The van der Waals surface area contributed by atoms with E-state index in [4.69, 9.17) is 0 Å². The molecule has 0 aliphatic carbocycles. The highest BCUT2D eigenvalue weighted by atomic mass is 16.4. The lowest BCUT2D eigenvalue weighted by atomic mass is 10.0. The summed E-state index contributed by atoms with van der Waals surface area (Å²) < 4.78 is 0. The highest BCUT2D eigenvalue weighted by Gasteiger charge is 2.40. The summed E-state index contributed by atoms with van der Waals surface area (Å²) in [6, 6.07) is 0.232. The third-order valence-electron chi connectivity index (χ3n) is 4.70. The van der Waals surface area contributed by atoms with E-state index >= 15 is 0 Å². The number of hydrogen-bond donors (Lipinski definition) is 1. The van der Waals surface area contributed by atoms with Crippen molar-refractivity contribution in [1.29, 1.82) is 0 Å². The van der Waals surface area contributed by atoms with Crippen LogP contribution in [0.3, 0.4) is 0 Å². The van der Waals surface area contributed by atoms with E-state index < -0.39 is 5.97 Å². The van der Waals surface area contributed by atoms with Crippen molar-refractivity contribution in [2.75, 3.05) is 26.2 Å². The lowest BCUT2D eigenvalue weighted by Crippen LogP contribution is -2.45. The average Bonchev–Trinajstić information content (AvgIpc) is 2.59. The molecule has 0 amide bonds. The van der Waals surface area contributed by atoms with Gasteiger partial charge in [-0.1, -0.05) is 13.8 Å². The predicted octanol–water partition coefficient (Wildman–Crippen LogP) is 1.66. The monoisotopic (exact) mass is 254 g/mol. The maximum Gasteiger partial charge on any atom is 0.321 e. The zero-order chi connectivity index (χ0) is 13.1. The quantitative estimate of drug-likeness (QED) is 0.832. The van der Waals surface area contributed by atoms with Gasteiger partial charge in [0, 0.05) is 6.04 Å². The minimum atomic E-state index is -0.628. The van der Waals surface area contributed by atoms with Crippen LogP contribution in [0.25, 0.3) is 0 Å². The third kappa shape index (κ3) is 2.86. The van der Waals surface area contributed by atoms with Gasteiger partial charge in [-0.25, -0.2) is 0 Å². The smallest absolute Gasteiger partial charge is 0.321 e. The molecule has 0 spiro atoms. The Hall–Kier alpha value is -0.610. The first kappa shape index (κ1) is 13.8. The molecule has 18 heavy (non-hydrogen) atoms. The minimum Gasteiger partial charge on any atom is -0.480 e. The topological polar surface area (TPSA) is 43.8 Å². The first-order valence-corrected chi connectivity index (χ1v) is 7.34. The Morgan fingerprint density at radius 2 is 2.00 bits per heavy atom. The van der Waals surface area contributed by atoms with E-state index in [0.29, 0.717) is 12.0 Å². The number of carbonyl (C=O) groups is 1.